The van der Waals surface area contributed by atoms with Gasteiger partial charge in [-0.3, -0.25) is 0 Å². The van der Waals surface area contributed by atoms with Crippen LogP contribution in [0.3, 0.4) is 0 Å². The van der Waals surface area contributed by atoms with Crippen LogP contribution in [0, 0.1) is 0 Å². The predicted octanol–water partition coefficient (Wildman–Crippen LogP) is 2.62. The van der Waals surface area contributed by atoms with Gasteiger partial charge in [-0.25, -0.2) is 4.98 Å². The number of hydrogen-bond donors (Lipinski definition) is 1. The fourth-order valence-electron chi connectivity index (χ4n) is 1.77. The van der Waals surface area contributed by atoms with E-state index in [1.807, 2.05) is 49.5 Å². The molecule has 2 aromatic rings. The molecule has 1 N–H and O–H groups in total. The second kappa shape index (κ2) is 5.65. The molecular formula is C15H18N2O. The molecule has 0 aliphatic rings. The topological polar surface area (TPSA) is 36.4 Å². The highest BCUT2D eigenvalue weighted by atomic mass is 16.3. The Morgan fingerprint density at radius 3 is 2.39 bits per heavy atom. The third kappa shape index (κ3) is 2.68. The van der Waals surface area contributed by atoms with Crippen LogP contribution in [0.4, 0.5) is 5.82 Å². The first-order valence-corrected chi connectivity index (χ1v) is 6.12. The lowest BCUT2D eigenvalue weighted by molar-refractivity contribution is 0.220. The molecular weight excluding hydrogens is 224 g/mol. The van der Waals surface area contributed by atoms with Crippen LogP contribution in [0.25, 0.3) is 0 Å². The van der Waals surface area contributed by atoms with Gasteiger partial charge in [0, 0.05) is 25.4 Å². The Balaban J connectivity index is 2.19. The molecule has 1 heterocycles. The molecule has 1 aromatic heterocycles. The maximum Gasteiger partial charge on any atom is 0.128 e. The van der Waals surface area contributed by atoms with Gasteiger partial charge in [-0.1, -0.05) is 36.4 Å². The normalized spacial score (nSPS) is 12.2. The first kappa shape index (κ1) is 12.6. The smallest absolute Gasteiger partial charge is 0.128 e. The van der Waals surface area contributed by atoms with Crippen molar-refractivity contribution in [1.29, 1.82) is 0 Å². The highest BCUT2D eigenvalue weighted by Crippen LogP contribution is 2.22. The van der Waals surface area contributed by atoms with Gasteiger partial charge in [0.15, 0.2) is 0 Å². The van der Waals surface area contributed by atoms with Crippen LogP contribution in [-0.2, 0) is 0 Å². The summed E-state index contributed by atoms with van der Waals surface area (Å²) in [4.78, 5) is 6.42. The molecule has 94 valence electrons. The van der Waals surface area contributed by atoms with E-state index in [0.29, 0.717) is 0 Å². The van der Waals surface area contributed by atoms with Gasteiger partial charge in [-0.05, 0) is 18.6 Å². The van der Waals surface area contributed by atoms with Crippen LogP contribution >= 0.6 is 0 Å². The SMILES string of the molecule is CCN(C)c1ccc(C(O)c2ccccc2)cn1. The molecule has 0 amide bonds. The summed E-state index contributed by atoms with van der Waals surface area (Å²) in [5.74, 6) is 0.918. The van der Waals surface area contributed by atoms with E-state index in [-0.39, 0.29) is 0 Å². The second-order valence-electron chi connectivity index (χ2n) is 4.28. The van der Waals surface area contributed by atoms with Crippen molar-refractivity contribution in [3.05, 3.63) is 59.8 Å². The molecule has 0 spiro atoms. The van der Waals surface area contributed by atoms with Crippen LogP contribution in [-0.4, -0.2) is 23.7 Å². The summed E-state index contributed by atoms with van der Waals surface area (Å²) in [5.41, 5.74) is 1.70. The molecule has 1 aromatic carbocycles. The molecule has 1 unspecified atom stereocenters. The predicted molar refractivity (Wildman–Crippen MR) is 73.7 cm³/mol. The Morgan fingerprint density at radius 2 is 1.83 bits per heavy atom. The highest BCUT2D eigenvalue weighted by molar-refractivity contribution is 5.40. The van der Waals surface area contributed by atoms with Crippen LogP contribution < -0.4 is 4.90 Å². The van der Waals surface area contributed by atoms with Crippen molar-refractivity contribution in [2.75, 3.05) is 18.5 Å². The minimum Gasteiger partial charge on any atom is -0.384 e. The van der Waals surface area contributed by atoms with Gasteiger partial charge < -0.3 is 10.0 Å². The van der Waals surface area contributed by atoms with Crippen LogP contribution in [0.1, 0.15) is 24.2 Å². The van der Waals surface area contributed by atoms with Gasteiger partial charge in [0.1, 0.15) is 11.9 Å². The van der Waals surface area contributed by atoms with Crippen molar-refractivity contribution < 1.29 is 5.11 Å². The van der Waals surface area contributed by atoms with Crippen molar-refractivity contribution >= 4 is 5.82 Å². The number of aromatic nitrogens is 1. The monoisotopic (exact) mass is 242 g/mol. The molecule has 2 rings (SSSR count). The summed E-state index contributed by atoms with van der Waals surface area (Å²) in [6.07, 6.45) is 1.12. The van der Waals surface area contributed by atoms with E-state index < -0.39 is 6.10 Å². The molecule has 3 heteroatoms. The lowest BCUT2D eigenvalue weighted by Gasteiger charge is -2.17. The van der Waals surface area contributed by atoms with E-state index in [9.17, 15) is 5.11 Å². The number of rotatable bonds is 4. The Labute approximate surface area is 108 Å². The quantitative estimate of drug-likeness (QED) is 0.895. The summed E-state index contributed by atoms with van der Waals surface area (Å²) in [5, 5.41) is 10.2. The number of hydrogen-bond acceptors (Lipinski definition) is 3. The highest BCUT2D eigenvalue weighted by Gasteiger charge is 2.10. The zero-order valence-corrected chi connectivity index (χ0v) is 10.7. The molecule has 18 heavy (non-hydrogen) atoms. The summed E-state index contributed by atoms with van der Waals surface area (Å²) < 4.78 is 0. The molecule has 0 aliphatic heterocycles. The van der Waals surface area contributed by atoms with E-state index in [2.05, 4.69) is 16.8 Å². The average molecular weight is 242 g/mol. The Kier molecular flexibility index (Phi) is 3.95. The second-order valence-corrected chi connectivity index (χ2v) is 4.28. The number of nitrogens with zero attached hydrogens (tertiary/aromatic N) is 2. The van der Waals surface area contributed by atoms with E-state index in [1.54, 1.807) is 6.20 Å². The van der Waals surface area contributed by atoms with Gasteiger partial charge in [-0.2, -0.15) is 0 Å². The van der Waals surface area contributed by atoms with E-state index >= 15 is 0 Å². The maximum atomic E-state index is 10.2. The van der Waals surface area contributed by atoms with Gasteiger partial charge in [-0.15, -0.1) is 0 Å². The van der Waals surface area contributed by atoms with Crippen molar-refractivity contribution in [3.63, 3.8) is 0 Å². The Bertz CT molecular complexity index is 482. The fourth-order valence-corrected chi connectivity index (χ4v) is 1.77. The standard InChI is InChI=1S/C15H18N2O/c1-3-17(2)14-10-9-13(11-16-14)15(18)12-7-5-4-6-8-12/h4-11,15,18H,3H2,1-2H3. The first-order valence-electron chi connectivity index (χ1n) is 6.12. The van der Waals surface area contributed by atoms with Crippen LogP contribution in [0.5, 0.6) is 0 Å². The Hall–Kier alpha value is -1.87. The molecule has 0 saturated heterocycles. The largest absolute Gasteiger partial charge is 0.384 e. The molecule has 0 aliphatic carbocycles. The number of aliphatic hydroxyl groups is 1. The van der Waals surface area contributed by atoms with Crippen LogP contribution in [0.15, 0.2) is 48.7 Å². The minimum atomic E-state index is -0.611. The third-order valence-corrected chi connectivity index (χ3v) is 3.07. The number of aliphatic hydroxyl groups excluding tert-OH is 1. The van der Waals surface area contributed by atoms with E-state index in [0.717, 1.165) is 23.5 Å². The van der Waals surface area contributed by atoms with Crippen molar-refractivity contribution in [1.82, 2.24) is 4.98 Å². The van der Waals surface area contributed by atoms with Crippen LogP contribution in [0.2, 0.25) is 0 Å². The molecule has 0 radical (unpaired) electrons. The van der Waals surface area contributed by atoms with E-state index in [4.69, 9.17) is 0 Å². The summed E-state index contributed by atoms with van der Waals surface area (Å²) in [6, 6.07) is 13.5. The minimum absolute atomic E-state index is 0.611. The number of anilines is 1. The number of benzene rings is 1. The van der Waals surface area contributed by atoms with Gasteiger partial charge in [0.05, 0.1) is 0 Å². The van der Waals surface area contributed by atoms with Crippen molar-refractivity contribution in [2.45, 2.75) is 13.0 Å². The number of pyridine rings is 1. The zero-order valence-electron chi connectivity index (χ0n) is 10.7. The van der Waals surface area contributed by atoms with E-state index in [1.165, 1.54) is 0 Å². The van der Waals surface area contributed by atoms with Gasteiger partial charge >= 0.3 is 0 Å². The van der Waals surface area contributed by atoms with Crippen molar-refractivity contribution in [3.8, 4) is 0 Å². The molecule has 0 fully saturated rings. The summed E-state index contributed by atoms with van der Waals surface area (Å²) in [7, 11) is 2.00. The molecule has 1 atom stereocenters. The molecule has 0 saturated carbocycles. The van der Waals surface area contributed by atoms with Gasteiger partial charge in [0.2, 0.25) is 0 Å². The van der Waals surface area contributed by atoms with Gasteiger partial charge in [0.25, 0.3) is 0 Å². The molecule has 3 nitrogen and oxygen atoms in total. The third-order valence-electron chi connectivity index (χ3n) is 3.07. The average Bonchev–Trinajstić information content (AvgIpc) is 2.47. The Morgan fingerprint density at radius 1 is 1.11 bits per heavy atom. The zero-order chi connectivity index (χ0) is 13.0. The first-order chi connectivity index (χ1) is 8.72. The fraction of sp³-hybridized carbons (Fsp3) is 0.267. The maximum absolute atomic E-state index is 10.2. The summed E-state index contributed by atoms with van der Waals surface area (Å²) >= 11 is 0. The molecule has 0 bridgehead atoms. The summed E-state index contributed by atoms with van der Waals surface area (Å²) in [6.45, 7) is 2.99. The lowest BCUT2D eigenvalue weighted by Crippen LogP contribution is -2.17. The lowest BCUT2D eigenvalue weighted by atomic mass is 10.0. The van der Waals surface area contributed by atoms with Crippen molar-refractivity contribution in [2.24, 2.45) is 0 Å².